The van der Waals surface area contributed by atoms with E-state index in [0.717, 1.165) is 0 Å². The normalized spacial score (nSPS) is 32.3. The van der Waals surface area contributed by atoms with Crippen molar-refractivity contribution in [2.75, 3.05) is 0 Å². The van der Waals surface area contributed by atoms with Crippen LogP contribution in [0.3, 0.4) is 0 Å². The highest BCUT2D eigenvalue weighted by atomic mass is 19.3. The SMILES string of the molecule is CC1CC(=O)NN1C1(C(F)F)CC1. The molecular weight excluding hydrogens is 178 g/mol. The van der Waals surface area contributed by atoms with Crippen molar-refractivity contribution in [2.45, 2.75) is 44.2 Å². The van der Waals surface area contributed by atoms with Crippen LogP contribution in [0, 0.1) is 0 Å². The molecule has 0 bridgehead atoms. The van der Waals surface area contributed by atoms with Crippen LogP contribution in [-0.4, -0.2) is 28.9 Å². The molecule has 74 valence electrons. The highest BCUT2D eigenvalue weighted by Gasteiger charge is 2.59. The molecule has 1 amide bonds. The number of alkyl halides is 2. The fraction of sp³-hybridized carbons (Fsp3) is 0.875. The first-order valence-electron chi connectivity index (χ1n) is 4.43. The summed E-state index contributed by atoms with van der Waals surface area (Å²) in [6, 6.07) is -0.107. The Labute approximate surface area is 75.1 Å². The Hall–Kier alpha value is -0.710. The zero-order valence-electron chi connectivity index (χ0n) is 7.39. The highest BCUT2D eigenvalue weighted by molar-refractivity contribution is 5.78. The third-order valence-corrected chi connectivity index (χ3v) is 2.81. The molecule has 1 aliphatic heterocycles. The molecule has 3 nitrogen and oxygen atoms in total. The first-order chi connectivity index (χ1) is 6.06. The first-order valence-corrected chi connectivity index (χ1v) is 4.43. The molecule has 0 aromatic rings. The van der Waals surface area contributed by atoms with Crippen LogP contribution < -0.4 is 5.43 Å². The zero-order chi connectivity index (χ0) is 9.64. The van der Waals surface area contributed by atoms with Gasteiger partial charge in [0.05, 0.1) is 0 Å². The van der Waals surface area contributed by atoms with Gasteiger partial charge in [-0.1, -0.05) is 0 Å². The standard InChI is InChI=1S/C8H12F2N2O/c1-5-4-6(13)11-12(5)8(2-3-8)7(9)10/h5,7H,2-4H2,1H3,(H,11,13). The zero-order valence-corrected chi connectivity index (χ0v) is 7.39. The number of carbonyl (C=O) groups is 1. The van der Waals surface area contributed by atoms with Crippen molar-refractivity contribution >= 4 is 5.91 Å². The topological polar surface area (TPSA) is 32.3 Å². The molecule has 2 rings (SSSR count). The molecule has 0 radical (unpaired) electrons. The Morgan fingerprint density at radius 2 is 2.23 bits per heavy atom. The minimum absolute atomic E-state index is 0.107. The van der Waals surface area contributed by atoms with E-state index in [9.17, 15) is 13.6 Å². The molecule has 1 unspecified atom stereocenters. The molecule has 2 aliphatic rings. The lowest BCUT2D eigenvalue weighted by atomic mass is 10.2. The maximum Gasteiger partial charge on any atom is 0.258 e. The summed E-state index contributed by atoms with van der Waals surface area (Å²) in [5, 5.41) is 1.44. The van der Waals surface area contributed by atoms with E-state index in [4.69, 9.17) is 0 Å². The lowest BCUT2D eigenvalue weighted by Crippen LogP contribution is -2.50. The van der Waals surface area contributed by atoms with Crippen LogP contribution in [0.5, 0.6) is 0 Å². The van der Waals surface area contributed by atoms with Crippen LogP contribution in [0.4, 0.5) is 8.78 Å². The number of halogens is 2. The van der Waals surface area contributed by atoms with Crippen LogP contribution in [0.2, 0.25) is 0 Å². The Balaban J connectivity index is 2.13. The number of hydrogen-bond donors (Lipinski definition) is 1. The van der Waals surface area contributed by atoms with Gasteiger partial charge in [0.25, 0.3) is 6.43 Å². The smallest absolute Gasteiger partial charge is 0.258 e. The molecule has 1 N–H and O–H groups in total. The van der Waals surface area contributed by atoms with Crippen molar-refractivity contribution in [1.82, 2.24) is 10.4 Å². The van der Waals surface area contributed by atoms with Gasteiger partial charge in [-0.25, -0.2) is 13.8 Å². The summed E-state index contributed by atoms with van der Waals surface area (Å²) in [4.78, 5) is 11.0. The van der Waals surface area contributed by atoms with Gasteiger partial charge in [0.2, 0.25) is 5.91 Å². The van der Waals surface area contributed by atoms with Crippen LogP contribution >= 0.6 is 0 Å². The van der Waals surface area contributed by atoms with Crippen LogP contribution in [0.1, 0.15) is 26.2 Å². The fourth-order valence-electron chi connectivity index (χ4n) is 1.89. The van der Waals surface area contributed by atoms with E-state index < -0.39 is 12.0 Å². The highest BCUT2D eigenvalue weighted by Crippen LogP contribution is 2.47. The second-order valence-electron chi connectivity index (χ2n) is 3.86. The van der Waals surface area contributed by atoms with Crippen LogP contribution in [0.25, 0.3) is 0 Å². The number of carbonyl (C=O) groups excluding carboxylic acids is 1. The molecule has 1 atom stereocenters. The molecule has 1 heterocycles. The quantitative estimate of drug-likeness (QED) is 0.702. The molecular formula is C8H12F2N2O. The van der Waals surface area contributed by atoms with Gasteiger partial charge in [-0.05, 0) is 19.8 Å². The number of rotatable bonds is 2. The van der Waals surface area contributed by atoms with Crippen molar-refractivity contribution in [1.29, 1.82) is 0 Å². The third-order valence-electron chi connectivity index (χ3n) is 2.81. The van der Waals surface area contributed by atoms with Gasteiger partial charge in [-0.15, -0.1) is 0 Å². The van der Waals surface area contributed by atoms with Crippen molar-refractivity contribution in [3.05, 3.63) is 0 Å². The fourth-order valence-corrected chi connectivity index (χ4v) is 1.89. The van der Waals surface area contributed by atoms with Gasteiger partial charge >= 0.3 is 0 Å². The van der Waals surface area contributed by atoms with E-state index >= 15 is 0 Å². The summed E-state index contributed by atoms with van der Waals surface area (Å²) in [5.41, 5.74) is 1.45. The number of nitrogens with one attached hydrogen (secondary N) is 1. The molecule has 1 saturated carbocycles. The third kappa shape index (κ3) is 1.22. The minimum atomic E-state index is -2.37. The van der Waals surface area contributed by atoms with E-state index in [1.807, 2.05) is 0 Å². The maximum atomic E-state index is 12.6. The van der Waals surface area contributed by atoms with E-state index in [2.05, 4.69) is 5.43 Å². The predicted molar refractivity (Wildman–Crippen MR) is 42.0 cm³/mol. The van der Waals surface area contributed by atoms with Crippen LogP contribution in [-0.2, 0) is 4.79 Å². The summed E-state index contributed by atoms with van der Waals surface area (Å²) in [6.45, 7) is 1.79. The molecule has 0 aromatic heterocycles. The average molecular weight is 190 g/mol. The summed E-state index contributed by atoms with van der Waals surface area (Å²) >= 11 is 0. The van der Waals surface area contributed by atoms with Crippen molar-refractivity contribution in [2.24, 2.45) is 0 Å². The Bertz CT molecular complexity index is 240. The van der Waals surface area contributed by atoms with Gasteiger partial charge < -0.3 is 0 Å². The molecule has 0 aromatic carbocycles. The minimum Gasteiger partial charge on any atom is -0.288 e. The molecule has 1 saturated heterocycles. The van der Waals surface area contributed by atoms with Crippen molar-refractivity contribution < 1.29 is 13.6 Å². The summed E-state index contributed by atoms with van der Waals surface area (Å²) in [7, 11) is 0. The van der Waals surface area contributed by atoms with E-state index in [1.165, 1.54) is 5.01 Å². The number of nitrogens with zero attached hydrogens (tertiary/aromatic N) is 1. The summed E-state index contributed by atoms with van der Waals surface area (Å²) in [5.74, 6) is -0.153. The maximum absolute atomic E-state index is 12.6. The first kappa shape index (κ1) is 8.87. The van der Waals surface area contributed by atoms with Gasteiger partial charge in [0, 0.05) is 12.5 Å². The van der Waals surface area contributed by atoms with Gasteiger partial charge in [-0.3, -0.25) is 10.2 Å². The lowest BCUT2D eigenvalue weighted by molar-refractivity contribution is -0.122. The molecule has 5 heteroatoms. The van der Waals surface area contributed by atoms with E-state index in [1.54, 1.807) is 6.92 Å². The molecule has 2 fully saturated rings. The number of hydrogen-bond acceptors (Lipinski definition) is 2. The average Bonchev–Trinajstić information content (AvgIpc) is 2.75. The number of amides is 1. The van der Waals surface area contributed by atoms with Gasteiger partial charge in [-0.2, -0.15) is 0 Å². The summed E-state index contributed by atoms with van der Waals surface area (Å²) < 4.78 is 25.3. The largest absolute Gasteiger partial charge is 0.288 e. The Kier molecular flexibility index (Phi) is 1.80. The second-order valence-corrected chi connectivity index (χ2v) is 3.86. The lowest BCUT2D eigenvalue weighted by Gasteiger charge is -2.29. The van der Waals surface area contributed by atoms with Crippen molar-refractivity contribution in [3.63, 3.8) is 0 Å². The Morgan fingerprint density at radius 1 is 1.62 bits per heavy atom. The van der Waals surface area contributed by atoms with Crippen LogP contribution in [0.15, 0.2) is 0 Å². The van der Waals surface area contributed by atoms with Gasteiger partial charge in [0.15, 0.2) is 0 Å². The molecule has 1 aliphatic carbocycles. The number of hydrazine groups is 1. The monoisotopic (exact) mass is 190 g/mol. The second kappa shape index (κ2) is 2.64. The summed E-state index contributed by atoms with van der Waals surface area (Å²) in [6.07, 6.45) is -1.08. The van der Waals surface area contributed by atoms with Crippen molar-refractivity contribution in [3.8, 4) is 0 Å². The predicted octanol–water partition coefficient (Wildman–Crippen LogP) is 0.910. The van der Waals surface area contributed by atoms with E-state index in [-0.39, 0.29) is 11.9 Å². The van der Waals surface area contributed by atoms with E-state index in [0.29, 0.717) is 19.3 Å². The Morgan fingerprint density at radius 3 is 2.54 bits per heavy atom. The van der Waals surface area contributed by atoms with Gasteiger partial charge in [0.1, 0.15) is 5.54 Å². The molecule has 13 heavy (non-hydrogen) atoms. The molecule has 0 spiro atoms.